The molecule has 1 unspecified atom stereocenters. The number of piperidine rings is 1. The zero-order valence-electron chi connectivity index (χ0n) is 20.6. The Morgan fingerprint density at radius 1 is 0.972 bits per heavy atom. The van der Waals surface area contributed by atoms with Gasteiger partial charge in [0, 0.05) is 49.3 Å². The fourth-order valence-corrected chi connectivity index (χ4v) is 5.54. The van der Waals surface area contributed by atoms with Crippen LogP contribution < -0.4 is 10.0 Å². The summed E-state index contributed by atoms with van der Waals surface area (Å²) in [6.45, 7) is 2.59. The number of likely N-dealkylation sites (tertiary alicyclic amines) is 2. The molecule has 1 atom stereocenters. The zero-order chi connectivity index (χ0) is 25.2. The molecular formula is C28H32N3O4P. The predicted octanol–water partition coefficient (Wildman–Crippen LogP) is 3.58. The minimum atomic E-state index is -0.540. The molecule has 2 saturated heterocycles. The van der Waals surface area contributed by atoms with E-state index in [2.05, 4.69) is 38.5 Å². The molecule has 2 fully saturated rings. The summed E-state index contributed by atoms with van der Waals surface area (Å²) in [5, 5.41) is 1.75. The first-order valence-electron chi connectivity index (χ1n) is 12.6. The summed E-state index contributed by atoms with van der Waals surface area (Å²) in [5.74, 6) is -0.128. The van der Waals surface area contributed by atoms with Gasteiger partial charge in [-0.3, -0.25) is 14.4 Å². The number of amides is 2. The Balaban J connectivity index is 1.33. The Morgan fingerprint density at radius 2 is 1.67 bits per heavy atom. The molecule has 0 aliphatic carbocycles. The Kier molecular flexibility index (Phi) is 7.10. The van der Waals surface area contributed by atoms with Crippen molar-refractivity contribution in [2.45, 2.75) is 32.1 Å². The van der Waals surface area contributed by atoms with Gasteiger partial charge in [-0.2, -0.15) is 0 Å². The fraction of sp³-hybridized carbons (Fsp3) is 0.393. The largest absolute Gasteiger partial charge is 0.496 e. The minimum Gasteiger partial charge on any atom is -0.496 e. The molecule has 36 heavy (non-hydrogen) atoms. The molecule has 188 valence electrons. The lowest BCUT2D eigenvalue weighted by atomic mass is 9.90. The van der Waals surface area contributed by atoms with Gasteiger partial charge < -0.3 is 19.5 Å². The van der Waals surface area contributed by atoms with Gasteiger partial charge in [0.15, 0.2) is 0 Å². The number of H-pyrrole nitrogens is 1. The fourth-order valence-electron chi connectivity index (χ4n) is 5.35. The van der Waals surface area contributed by atoms with E-state index in [4.69, 9.17) is 4.74 Å². The van der Waals surface area contributed by atoms with E-state index in [1.807, 2.05) is 4.90 Å². The summed E-state index contributed by atoms with van der Waals surface area (Å²) >= 11 is 0. The van der Waals surface area contributed by atoms with Crippen molar-refractivity contribution in [3.8, 4) is 5.75 Å². The van der Waals surface area contributed by atoms with Gasteiger partial charge in [-0.1, -0.05) is 24.3 Å². The maximum atomic E-state index is 13.5. The van der Waals surface area contributed by atoms with Crippen LogP contribution in [0.5, 0.6) is 5.75 Å². The van der Waals surface area contributed by atoms with E-state index in [-0.39, 0.29) is 5.91 Å². The molecular weight excluding hydrogens is 473 g/mol. The second-order valence-corrected chi connectivity index (χ2v) is 10.5. The number of carbonyl (C=O) groups is 3. The van der Waals surface area contributed by atoms with E-state index in [1.54, 1.807) is 23.2 Å². The van der Waals surface area contributed by atoms with E-state index in [1.165, 1.54) is 18.0 Å². The molecule has 0 spiro atoms. The molecule has 2 aromatic carbocycles. The van der Waals surface area contributed by atoms with Crippen LogP contribution in [0.3, 0.4) is 0 Å². The highest BCUT2D eigenvalue weighted by atomic mass is 31.0. The third-order valence-electron chi connectivity index (χ3n) is 7.47. The number of nitrogens with one attached hydrogen (secondary N) is 1. The summed E-state index contributed by atoms with van der Waals surface area (Å²) in [5.41, 5.74) is 2.71. The number of ether oxygens (including phenoxy) is 1. The van der Waals surface area contributed by atoms with E-state index >= 15 is 0 Å². The second kappa shape index (κ2) is 10.4. The normalized spacial score (nSPS) is 16.5. The Morgan fingerprint density at radius 3 is 2.33 bits per heavy atom. The summed E-state index contributed by atoms with van der Waals surface area (Å²) in [4.78, 5) is 45.8. The van der Waals surface area contributed by atoms with Crippen molar-refractivity contribution in [2.75, 3.05) is 33.3 Å². The molecule has 0 saturated carbocycles. The Hall–Kier alpha value is -3.18. The standard InChI is InChI=1S/C28H32N3O4P/c1-35-25-16-24-21(23(17-29-24)26(32)28(34)30-10-2-3-11-30)15-22(25)27(33)31-12-8-19(9-13-31)14-18-4-6-20(36)7-5-18/h4-7,15-17,19,29H,2-3,8-14,36H2,1H3. The third-order valence-corrected chi connectivity index (χ3v) is 7.86. The third kappa shape index (κ3) is 4.90. The summed E-state index contributed by atoms with van der Waals surface area (Å²) in [6.07, 6.45) is 6.30. The van der Waals surface area contributed by atoms with E-state index in [0.717, 1.165) is 32.1 Å². The van der Waals surface area contributed by atoms with Gasteiger partial charge in [0.25, 0.3) is 17.6 Å². The van der Waals surface area contributed by atoms with Crippen molar-refractivity contribution in [2.24, 2.45) is 5.92 Å². The number of Topliss-reactive ketones (excluding diaryl/α,β-unsaturated/α-hetero) is 1. The molecule has 3 aromatic rings. The van der Waals surface area contributed by atoms with E-state index in [9.17, 15) is 14.4 Å². The molecule has 5 rings (SSSR count). The molecule has 0 bridgehead atoms. The molecule has 3 heterocycles. The SMILES string of the molecule is COc1cc2[nH]cc(C(=O)C(=O)N3CCCC3)c2cc1C(=O)N1CCC(Cc2ccc(P)cc2)CC1. The lowest BCUT2D eigenvalue weighted by Gasteiger charge is -2.32. The smallest absolute Gasteiger partial charge is 0.295 e. The molecule has 1 N–H and O–H groups in total. The van der Waals surface area contributed by atoms with Crippen molar-refractivity contribution >= 4 is 43.0 Å². The highest BCUT2D eigenvalue weighted by Crippen LogP contribution is 2.31. The molecule has 2 amide bonds. The Bertz CT molecular complexity index is 1290. The van der Waals surface area contributed by atoms with Crippen molar-refractivity contribution in [3.63, 3.8) is 0 Å². The maximum Gasteiger partial charge on any atom is 0.295 e. The number of hydrogen-bond acceptors (Lipinski definition) is 4. The van der Waals surface area contributed by atoms with Gasteiger partial charge in [0.05, 0.1) is 18.2 Å². The topological polar surface area (TPSA) is 82.7 Å². The Labute approximate surface area is 213 Å². The summed E-state index contributed by atoms with van der Waals surface area (Å²) in [7, 11) is 4.25. The van der Waals surface area contributed by atoms with Gasteiger partial charge in [0.1, 0.15) is 5.75 Å². The number of fused-ring (bicyclic) bond motifs is 1. The van der Waals surface area contributed by atoms with Crippen LogP contribution >= 0.6 is 9.24 Å². The first-order chi connectivity index (χ1) is 17.4. The van der Waals surface area contributed by atoms with E-state index in [0.29, 0.717) is 59.9 Å². The average Bonchev–Trinajstić information content (AvgIpc) is 3.58. The average molecular weight is 506 g/mol. The highest BCUT2D eigenvalue weighted by Gasteiger charge is 2.30. The van der Waals surface area contributed by atoms with Gasteiger partial charge in [0.2, 0.25) is 0 Å². The van der Waals surface area contributed by atoms with Crippen molar-refractivity contribution in [1.29, 1.82) is 0 Å². The van der Waals surface area contributed by atoms with Crippen LogP contribution in [-0.4, -0.2) is 65.7 Å². The molecule has 2 aliphatic heterocycles. The maximum absolute atomic E-state index is 13.5. The van der Waals surface area contributed by atoms with Crippen LogP contribution in [0.15, 0.2) is 42.6 Å². The monoisotopic (exact) mass is 505 g/mol. The number of ketones is 1. The van der Waals surface area contributed by atoms with Gasteiger partial charge in [-0.15, -0.1) is 9.24 Å². The highest BCUT2D eigenvalue weighted by molar-refractivity contribution is 7.27. The van der Waals surface area contributed by atoms with E-state index < -0.39 is 11.7 Å². The number of benzene rings is 2. The molecule has 8 heteroatoms. The van der Waals surface area contributed by atoms with Crippen LogP contribution in [0.25, 0.3) is 10.9 Å². The van der Waals surface area contributed by atoms with Crippen molar-refractivity contribution < 1.29 is 19.1 Å². The minimum absolute atomic E-state index is 0.106. The molecule has 0 radical (unpaired) electrons. The van der Waals surface area contributed by atoms with Gasteiger partial charge in [-0.25, -0.2) is 0 Å². The lowest BCUT2D eigenvalue weighted by molar-refractivity contribution is -0.125. The first-order valence-corrected chi connectivity index (χ1v) is 13.2. The molecule has 1 aromatic heterocycles. The van der Waals surface area contributed by atoms with Gasteiger partial charge >= 0.3 is 0 Å². The quantitative estimate of drug-likeness (QED) is 0.316. The lowest BCUT2D eigenvalue weighted by Crippen LogP contribution is -2.39. The summed E-state index contributed by atoms with van der Waals surface area (Å²) < 4.78 is 5.54. The second-order valence-electron chi connectivity index (χ2n) is 9.81. The van der Waals surface area contributed by atoms with Crippen LogP contribution in [-0.2, 0) is 11.2 Å². The number of carbonyl (C=O) groups excluding carboxylic acids is 3. The van der Waals surface area contributed by atoms with Crippen LogP contribution in [0.4, 0.5) is 0 Å². The number of nitrogens with zero attached hydrogens (tertiary/aromatic N) is 2. The van der Waals surface area contributed by atoms with Crippen molar-refractivity contribution in [1.82, 2.24) is 14.8 Å². The summed E-state index contributed by atoms with van der Waals surface area (Å²) in [6, 6.07) is 12.0. The van der Waals surface area contributed by atoms with Crippen LogP contribution in [0.1, 0.15) is 52.0 Å². The number of hydrogen-bond donors (Lipinski definition) is 1. The molecule has 2 aliphatic rings. The number of rotatable bonds is 6. The zero-order valence-corrected chi connectivity index (χ0v) is 21.7. The number of methoxy groups -OCH3 is 1. The molecule has 7 nitrogen and oxygen atoms in total. The predicted molar refractivity (Wildman–Crippen MR) is 143 cm³/mol. The van der Waals surface area contributed by atoms with Crippen LogP contribution in [0.2, 0.25) is 0 Å². The van der Waals surface area contributed by atoms with Crippen molar-refractivity contribution in [3.05, 3.63) is 59.3 Å². The first kappa shape index (κ1) is 24.5. The van der Waals surface area contributed by atoms with Gasteiger partial charge in [-0.05, 0) is 55.0 Å². The number of aromatic nitrogens is 1. The number of aromatic amines is 1. The van der Waals surface area contributed by atoms with Crippen LogP contribution in [0, 0.1) is 5.92 Å².